The van der Waals surface area contributed by atoms with Gasteiger partial charge in [0.1, 0.15) is 0 Å². The van der Waals surface area contributed by atoms with Crippen molar-refractivity contribution in [2.75, 3.05) is 26.2 Å². The van der Waals surface area contributed by atoms with Crippen molar-refractivity contribution >= 4 is 12.4 Å². The number of hydrogen-bond donors (Lipinski definition) is 0. The molecular formula is C20H24N4. The first-order valence-corrected chi connectivity index (χ1v) is 8.41. The van der Waals surface area contributed by atoms with Gasteiger partial charge in [-0.1, -0.05) is 48.5 Å². The number of hydrogen-bond acceptors (Lipinski definition) is 4. The lowest BCUT2D eigenvalue weighted by molar-refractivity contribution is 0.141. The lowest BCUT2D eigenvalue weighted by Crippen LogP contribution is -2.41. The van der Waals surface area contributed by atoms with Gasteiger partial charge in [0.25, 0.3) is 0 Å². The van der Waals surface area contributed by atoms with E-state index in [2.05, 4.69) is 70.5 Å². The highest BCUT2D eigenvalue weighted by atomic mass is 15.5. The van der Waals surface area contributed by atoms with Crippen LogP contribution in [-0.4, -0.2) is 48.6 Å². The molecule has 1 heterocycles. The van der Waals surface area contributed by atoms with Gasteiger partial charge in [-0.3, -0.25) is 10.0 Å². The minimum absolute atomic E-state index is 0.896. The third kappa shape index (κ3) is 4.22. The van der Waals surface area contributed by atoms with Crippen molar-refractivity contribution in [3.05, 3.63) is 70.8 Å². The van der Waals surface area contributed by atoms with E-state index in [1.165, 1.54) is 22.3 Å². The molecule has 0 N–H and O–H groups in total. The lowest BCUT2D eigenvalue weighted by atomic mass is 10.1. The monoisotopic (exact) mass is 320 g/mol. The highest BCUT2D eigenvalue weighted by Gasteiger charge is 2.13. The second-order valence-corrected chi connectivity index (χ2v) is 6.11. The predicted molar refractivity (Wildman–Crippen MR) is 101 cm³/mol. The van der Waals surface area contributed by atoms with Crippen LogP contribution in [0, 0.1) is 13.8 Å². The molecule has 124 valence electrons. The van der Waals surface area contributed by atoms with E-state index in [-0.39, 0.29) is 0 Å². The molecule has 0 radical (unpaired) electrons. The first kappa shape index (κ1) is 16.2. The maximum atomic E-state index is 4.61. The van der Waals surface area contributed by atoms with Gasteiger partial charge in [0.2, 0.25) is 0 Å². The Morgan fingerprint density at radius 3 is 1.42 bits per heavy atom. The molecule has 24 heavy (non-hydrogen) atoms. The van der Waals surface area contributed by atoms with E-state index in [0.29, 0.717) is 0 Å². The molecule has 0 saturated carbocycles. The molecule has 1 saturated heterocycles. The highest BCUT2D eigenvalue weighted by Crippen LogP contribution is 2.08. The molecule has 4 nitrogen and oxygen atoms in total. The smallest absolute Gasteiger partial charge is 0.0553 e. The summed E-state index contributed by atoms with van der Waals surface area (Å²) in [6.45, 7) is 7.81. The quantitative estimate of drug-likeness (QED) is 0.810. The van der Waals surface area contributed by atoms with Crippen LogP contribution in [0.25, 0.3) is 0 Å². The molecule has 3 rings (SSSR count). The average Bonchev–Trinajstić information content (AvgIpc) is 2.61. The second kappa shape index (κ2) is 7.77. The largest absolute Gasteiger partial charge is 0.293 e. The number of hydrazone groups is 2. The van der Waals surface area contributed by atoms with Crippen LogP contribution in [0.2, 0.25) is 0 Å². The molecule has 1 aliphatic heterocycles. The first-order chi connectivity index (χ1) is 11.7. The van der Waals surface area contributed by atoms with Gasteiger partial charge >= 0.3 is 0 Å². The second-order valence-electron chi connectivity index (χ2n) is 6.11. The lowest BCUT2D eigenvalue weighted by Gasteiger charge is -2.31. The van der Waals surface area contributed by atoms with Crippen LogP contribution in [0.3, 0.4) is 0 Å². The molecule has 0 amide bonds. The number of nitrogens with zero attached hydrogens (tertiary/aromatic N) is 4. The Balaban J connectivity index is 1.53. The molecule has 0 unspecified atom stereocenters. The summed E-state index contributed by atoms with van der Waals surface area (Å²) in [5.74, 6) is 0. The van der Waals surface area contributed by atoms with Crippen LogP contribution < -0.4 is 0 Å². The molecule has 2 aromatic carbocycles. The topological polar surface area (TPSA) is 31.2 Å². The molecule has 4 heteroatoms. The fourth-order valence-corrected chi connectivity index (χ4v) is 2.67. The maximum Gasteiger partial charge on any atom is 0.0553 e. The molecule has 0 bridgehead atoms. The van der Waals surface area contributed by atoms with E-state index in [9.17, 15) is 0 Å². The predicted octanol–water partition coefficient (Wildman–Crippen LogP) is 3.29. The molecule has 2 aromatic rings. The van der Waals surface area contributed by atoms with Crippen molar-refractivity contribution in [1.29, 1.82) is 0 Å². The van der Waals surface area contributed by atoms with Crippen LogP contribution in [0.1, 0.15) is 22.3 Å². The number of rotatable bonds is 4. The van der Waals surface area contributed by atoms with Crippen LogP contribution in [-0.2, 0) is 0 Å². The molecule has 1 aliphatic rings. The van der Waals surface area contributed by atoms with Crippen molar-refractivity contribution in [2.24, 2.45) is 10.2 Å². The molecule has 0 atom stereocenters. The van der Waals surface area contributed by atoms with Crippen molar-refractivity contribution in [1.82, 2.24) is 10.0 Å². The summed E-state index contributed by atoms with van der Waals surface area (Å²) in [7, 11) is 0. The zero-order valence-corrected chi connectivity index (χ0v) is 14.4. The fraction of sp³-hybridized carbons (Fsp3) is 0.300. The van der Waals surface area contributed by atoms with Gasteiger partial charge in [-0.25, -0.2) is 0 Å². The standard InChI is InChI=1S/C20H24N4/c1-17-7-3-5-9-19(17)15-21-23-11-13-24(14-12-23)22-16-20-10-6-4-8-18(20)2/h3-10,15-16H,11-14H2,1-2H3. The van der Waals surface area contributed by atoms with Gasteiger partial charge in [0.05, 0.1) is 38.6 Å². The Morgan fingerprint density at radius 2 is 1.04 bits per heavy atom. The maximum absolute atomic E-state index is 4.61. The third-order valence-electron chi connectivity index (χ3n) is 4.33. The van der Waals surface area contributed by atoms with Gasteiger partial charge in [-0.2, -0.15) is 10.2 Å². The van der Waals surface area contributed by atoms with Gasteiger partial charge in [-0.05, 0) is 36.1 Å². The SMILES string of the molecule is Cc1ccccc1C=NN1CCN(N=Cc2ccccc2C)CC1. The summed E-state index contributed by atoms with van der Waals surface area (Å²) in [6.07, 6.45) is 3.92. The van der Waals surface area contributed by atoms with Crippen molar-refractivity contribution in [3.8, 4) is 0 Å². The van der Waals surface area contributed by atoms with Crippen molar-refractivity contribution < 1.29 is 0 Å². The van der Waals surface area contributed by atoms with Crippen LogP contribution in [0.5, 0.6) is 0 Å². The molecule has 0 spiro atoms. The average molecular weight is 320 g/mol. The van der Waals surface area contributed by atoms with Gasteiger partial charge in [0.15, 0.2) is 0 Å². The zero-order chi connectivity index (χ0) is 16.8. The summed E-state index contributed by atoms with van der Waals surface area (Å²) >= 11 is 0. The van der Waals surface area contributed by atoms with E-state index in [0.717, 1.165) is 26.2 Å². The molecule has 0 aromatic heterocycles. The molecule has 0 aliphatic carbocycles. The van der Waals surface area contributed by atoms with Crippen molar-refractivity contribution in [3.63, 3.8) is 0 Å². The number of aryl methyl sites for hydroxylation is 2. The van der Waals surface area contributed by atoms with E-state index in [1.807, 2.05) is 24.6 Å². The van der Waals surface area contributed by atoms with E-state index in [1.54, 1.807) is 0 Å². The van der Waals surface area contributed by atoms with Gasteiger partial charge in [-0.15, -0.1) is 0 Å². The Labute approximate surface area is 144 Å². The first-order valence-electron chi connectivity index (χ1n) is 8.41. The van der Waals surface area contributed by atoms with Crippen LogP contribution in [0.15, 0.2) is 58.7 Å². The van der Waals surface area contributed by atoms with Gasteiger partial charge in [0, 0.05) is 0 Å². The Morgan fingerprint density at radius 1 is 0.667 bits per heavy atom. The van der Waals surface area contributed by atoms with Crippen LogP contribution >= 0.6 is 0 Å². The fourth-order valence-electron chi connectivity index (χ4n) is 2.67. The van der Waals surface area contributed by atoms with Crippen LogP contribution in [0.4, 0.5) is 0 Å². The zero-order valence-electron chi connectivity index (χ0n) is 14.4. The van der Waals surface area contributed by atoms with E-state index in [4.69, 9.17) is 0 Å². The molecular weight excluding hydrogens is 296 g/mol. The van der Waals surface area contributed by atoms with Crippen molar-refractivity contribution in [2.45, 2.75) is 13.8 Å². The minimum atomic E-state index is 0.896. The molecule has 1 fully saturated rings. The highest BCUT2D eigenvalue weighted by molar-refractivity contribution is 5.81. The minimum Gasteiger partial charge on any atom is -0.293 e. The summed E-state index contributed by atoms with van der Waals surface area (Å²) in [5.41, 5.74) is 4.86. The Bertz CT molecular complexity index is 664. The number of benzene rings is 2. The van der Waals surface area contributed by atoms with E-state index < -0.39 is 0 Å². The summed E-state index contributed by atoms with van der Waals surface area (Å²) in [6, 6.07) is 16.6. The number of piperazine rings is 1. The van der Waals surface area contributed by atoms with E-state index >= 15 is 0 Å². The Kier molecular flexibility index (Phi) is 5.26. The Hall–Kier alpha value is -2.62. The normalized spacial score (nSPS) is 15.6. The summed E-state index contributed by atoms with van der Waals surface area (Å²) in [4.78, 5) is 0. The summed E-state index contributed by atoms with van der Waals surface area (Å²) < 4.78 is 0. The third-order valence-corrected chi connectivity index (χ3v) is 4.33. The van der Waals surface area contributed by atoms with Gasteiger partial charge < -0.3 is 0 Å². The summed E-state index contributed by atoms with van der Waals surface area (Å²) in [5, 5.41) is 13.5.